The zero-order valence-corrected chi connectivity index (χ0v) is 15.3. The van der Waals surface area contributed by atoms with Gasteiger partial charge in [-0.15, -0.1) is 0 Å². The molecule has 0 aromatic heterocycles. The van der Waals surface area contributed by atoms with Gasteiger partial charge in [0.1, 0.15) is 11.7 Å². The lowest BCUT2D eigenvalue weighted by atomic mass is 9.97. The van der Waals surface area contributed by atoms with Gasteiger partial charge >= 0.3 is 11.9 Å². The Morgan fingerprint density at radius 2 is 1.46 bits per heavy atom. The summed E-state index contributed by atoms with van der Waals surface area (Å²) in [5, 5.41) is 0. The van der Waals surface area contributed by atoms with Crippen LogP contribution in [0.25, 0.3) is 0 Å². The fourth-order valence-corrected chi connectivity index (χ4v) is 2.78. The molecule has 2 aromatic rings. The van der Waals surface area contributed by atoms with E-state index in [1.165, 1.54) is 0 Å². The average Bonchev–Trinajstić information content (AvgIpc) is 2.62. The van der Waals surface area contributed by atoms with Crippen LogP contribution in [0, 0.1) is 0 Å². The first-order valence-corrected chi connectivity index (χ1v) is 8.62. The van der Waals surface area contributed by atoms with Crippen molar-refractivity contribution >= 4 is 11.9 Å². The molecule has 0 aliphatic rings. The van der Waals surface area contributed by atoms with Crippen LogP contribution in [-0.4, -0.2) is 23.6 Å². The van der Waals surface area contributed by atoms with Crippen LogP contribution < -0.4 is 0 Å². The summed E-state index contributed by atoms with van der Waals surface area (Å²) in [6.45, 7) is 5.45. The predicted octanol–water partition coefficient (Wildman–Crippen LogP) is 4.81. The molecule has 0 saturated carbocycles. The molecule has 2 atom stereocenters. The van der Waals surface area contributed by atoms with Crippen LogP contribution in [0.1, 0.15) is 47.9 Å². The number of esters is 2. The number of benzene rings is 2. The third kappa shape index (κ3) is 5.59. The Hall–Kier alpha value is -2.88. The highest BCUT2D eigenvalue weighted by Gasteiger charge is 2.30. The summed E-state index contributed by atoms with van der Waals surface area (Å²) in [7, 11) is 0. The van der Waals surface area contributed by atoms with Crippen LogP contribution in [0.2, 0.25) is 0 Å². The second-order valence-electron chi connectivity index (χ2n) is 6.35. The van der Waals surface area contributed by atoms with Crippen molar-refractivity contribution in [3.05, 3.63) is 83.9 Å². The first-order valence-electron chi connectivity index (χ1n) is 8.62. The third-order valence-electron chi connectivity index (χ3n) is 3.87. The Labute approximate surface area is 154 Å². The number of allylic oxidation sites excluding steroid dienone is 1. The molecule has 0 radical (unpaired) electrons. The second kappa shape index (κ2) is 8.99. The molecule has 26 heavy (non-hydrogen) atoms. The van der Waals surface area contributed by atoms with Gasteiger partial charge in [0, 0.05) is 6.42 Å². The minimum Gasteiger partial charge on any atom is -0.459 e. The Morgan fingerprint density at radius 3 is 1.96 bits per heavy atom. The van der Waals surface area contributed by atoms with Gasteiger partial charge in [0.25, 0.3) is 0 Å². The molecule has 0 amide bonds. The molecule has 0 spiro atoms. The topological polar surface area (TPSA) is 52.6 Å². The van der Waals surface area contributed by atoms with E-state index in [2.05, 4.69) is 0 Å². The van der Waals surface area contributed by atoms with E-state index in [1.54, 1.807) is 68.5 Å². The highest BCUT2D eigenvalue weighted by Crippen LogP contribution is 2.24. The first-order chi connectivity index (χ1) is 12.4. The number of hydrogen-bond donors (Lipinski definition) is 0. The monoisotopic (exact) mass is 352 g/mol. The van der Waals surface area contributed by atoms with Crippen molar-refractivity contribution in [2.75, 3.05) is 0 Å². The quantitative estimate of drug-likeness (QED) is 0.530. The van der Waals surface area contributed by atoms with Crippen molar-refractivity contribution in [1.29, 1.82) is 0 Å². The van der Waals surface area contributed by atoms with Crippen LogP contribution in [0.3, 0.4) is 0 Å². The van der Waals surface area contributed by atoms with Crippen LogP contribution in [-0.2, 0) is 9.47 Å². The molecule has 0 bridgehead atoms. The van der Waals surface area contributed by atoms with E-state index in [1.807, 2.05) is 25.1 Å². The number of hydrogen-bond acceptors (Lipinski definition) is 4. The summed E-state index contributed by atoms with van der Waals surface area (Å²) in [5.41, 5.74) is 0.100. The zero-order chi connectivity index (χ0) is 19.0. The summed E-state index contributed by atoms with van der Waals surface area (Å²) < 4.78 is 11.2. The minimum absolute atomic E-state index is 0.356. The van der Waals surface area contributed by atoms with Gasteiger partial charge in [0.05, 0.1) is 11.1 Å². The molecule has 136 valence electrons. The van der Waals surface area contributed by atoms with Crippen molar-refractivity contribution in [3.63, 3.8) is 0 Å². The third-order valence-corrected chi connectivity index (χ3v) is 3.87. The molecule has 0 fully saturated rings. The summed E-state index contributed by atoms with van der Waals surface area (Å²) in [4.78, 5) is 24.6. The molecule has 0 saturated heterocycles. The van der Waals surface area contributed by atoms with E-state index in [4.69, 9.17) is 9.47 Å². The lowest BCUT2D eigenvalue weighted by molar-refractivity contribution is -0.0163. The summed E-state index contributed by atoms with van der Waals surface area (Å²) in [5.74, 6) is -0.803. The molecule has 0 aliphatic carbocycles. The molecule has 2 aromatic carbocycles. The highest BCUT2D eigenvalue weighted by atomic mass is 16.6. The van der Waals surface area contributed by atoms with Crippen molar-refractivity contribution in [2.45, 2.75) is 38.9 Å². The molecule has 2 rings (SSSR count). The number of ether oxygens (including phenoxy) is 2. The van der Waals surface area contributed by atoms with Gasteiger partial charge in [-0.25, -0.2) is 9.59 Å². The first kappa shape index (κ1) is 19.4. The molecular formula is C22H24O4. The standard InChI is InChI=1S/C22H24O4/c1-4-15-22(3,26-21(24)19-13-9-6-10-14-19)16-17(2)25-20(23)18-11-7-5-8-12-18/h4-15,17H,16H2,1-3H3. The van der Waals surface area contributed by atoms with E-state index in [0.717, 1.165) is 0 Å². The molecule has 0 aliphatic heterocycles. The smallest absolute Gasteiger partial charge is 0.338 e. The molecule has 0 heterocycles. The minimum atomic E-state index is -0.877. The van der Waals surface area contributed by atoms with E-state index in [9.17, 15) is 9.59 Å². The maximum absolute atomic E-state index is 12.4. The fraction of sp³-hybridized carbons (Fsp3) is 0.273. The SMILES string of the molecule is CC=CC(C)(CC(C)OC(=O)c1ccccc1)OC(=O)c1ccccc1. The Bertz CT molecular complexity index is 752. The van der Waals surface area contributed by atoms with E-state index in [-0.39, 0.29) is 0 Å². The molecule has 0 N–H and O–H groups in total. The Morgan fingerprint density at radius 1 is 0.962 bits per heavy atom. The lowest BCUT2D eigenvalue weighted by Crippen LogP contribution is -2.34. The van der Waals surface area contributed by atoms with Gasteiger partial charge in [0.15, 0.2) is 0 Å². The zero-order valence-electron chi connectivity index (χ0n) is 15.3. The predicted molar refractivity (Wildman–Crippen MR) is 101 cm³/mol. The maximum atomic E-state index is 12.4. The van der Waals surface area contributed by atoms with Crippen LogP contribution in [0.4, 0.5) is 0 Å². The summed E-state index contributed by atoms with van der Waals surface area (Å²) in [6, 6.07) is 17.6. The van der Waals surface area contributed by atoms with E-state index < -0.39 is 23.6 Å². The average molecular weight is 352 g/mol. The van der Waals surface area contributed by atoms with Crippen LogP contribution >= 0.6 is 0 Å². The van der Waals surface area contributed by atoms with Crippen LogP contribution in [0.15, 0.2) is 72.8 Å². The summed E-state index contributed by atoms with van der Waals surface area (Å²) >= 11 is 0. The molecule has 4 heteroatoms. The van der Waals surface area contributed by atoms with Gasteiger partial charge in [-0.05, 0) is 51.1 Å². The van der Waals surface area contributed by atoms with Gasteiger partial charge in [0.2, 0.25) is 0 Å². The van der Waals surface area contributed by atoms with Crippen molar-refractivity contribution in [1.82, 2.24) is 0 Å². The normalized spacial score (nSPS) is 14.4. The lowest BCUT2D eigenvalue weighted by Gasteiger charge is -2.29. The van der Waals surface area contributed by atoms with Gasteiger partial charge in [-0.1, -0.05) is 42.5 Å². The Kier molecular flexibility index (Phi) is 6.73. The highest BCUT2D eigenvalue weighted by molar-refractivity contribution is 5.90. The molecule has 4 nitrogen and oxygen atoms in total. The van der Waals surface area contributed by atoms with E-state index in [0.29, 0.717) is 17.5 Å². The van der Waals surface area contributed by atoms with Crippen molar-refractivity contribution in [3.8, 4) is 0 Å². The Balaban J connectivity index is 2.03. The number of carbonyl (C=O) groups excluding carboxylic acids is 2. The van der Waals surface area contributed by atoms with Crippen molar-refractivity contribution in [2.24, 2.45) is 0 Å². The fourth-order valence-electron chi connectivity index (χ4n) is 2.78. The van der Waals surface area contributed by atoms with Gasteiger partial charge in [-0.3, -0.25) is 0 Å². The van der Waals surface area contributed by atoms with Gasteiger partial charge in [-0.2, -0.15) is 0 Å². The van der Waals surface area contributed by atoms with E-state index >= 15 is 0 Å². The second-order valence-corrected chi connectivity index (χ2v) is 6.35. The number of rotatable bonds is 7. The summed E-state index contributed by atoms with van der Waals surface area (Å²) in [6.07, 6.45) is 3.56. The van der Waals surface area contributed by atoms with Crippen molar-refractivity contribution < 1.29 is 19.1 Å². The molecular weight excluding hydrogens is 328 g/mol. The largest absolute Gasteiger partial charge is 0.459 e. The molecule has 2 unspecified atom stereocenters. The maximum Gasteiger partial charge on any atom is 0.338 e. The van der Waals surface area contributed by atoms with Gasteiger partial charge < -0.3 is 9.47 Å². The number of carbonyl (C=O) groups is 2. The van der Waals surface area contributed by atoms with Crippen LogP contribution in [0.5, 0.6) is 0 Å².